The van der Waals surface area contributed by atoms with Crippen LogP contribution < -0.4 is 4.84 Å². The molecule has 8 nitrogen and oxygen atoms in total. The molecule has 3 heterocycles. The molecule has 1 aliphatic heterocycles. The topological polar surface area (TPSA) is 85.8 Å². The van der Waals surface area contributed by atoms with E-state index in [-0.39, 0.29) is 18.6 Å². The Morgan fingerprint density at radius 2 is 1.97 bits per heavy atom. The van der Waals surface area contributed by atoms with Gasteiger partial charge in [0, 0.05) is 11.4 Å². The van der Waals surface area contributed by atoms with E-state index in [1.54, 1.807) is 24.5 Å². The molecule has 0 saturated carbocycles. The van der Waals surface area contributed by atoms with E-state index in [9.17, 15) is 4.79 Å². The smallest absolute Gasteiger partial charge is 0.284 e. The molecule has 0 saturated heterocycles. The summed E-state index contributed by atoms with van der Waals surface area (Å²) >= 11 is 5.99. The predicted octanol–water partition coefficient (Wildman–Crippen LogP) is 3.48. The van der Waals surface area contributed by atoms with Gasteiger partial charge in [0.2, 0.25) is 0 Å². The van der Waals surface area contributed by atoms with Crippen LogP contribution in [-0.4, -0.2) is 38.4 Å². The Morgan fingerprint density at radius 1 is 1.13 bits per heavy atom. The fraction of sp³-hybridized carbons (Fsp3) is 0.143. The Labute approximate surface area is 176 Å². The van der Waals surface area contributed by atoms with Crippen LogP contribution >= 0.6 is 11.6 Å². The summed E-state index contributed by atoms with van der Waals surface area (Å²) in [5.74, 6) is 0.335. The van der Waals surface area contributed by atoms with Crippen LogP contribution in [0.1, 0.15) is 23.8 Å². The average molecular weight is 422 g/mol. The predicted molar refractivity (Wildman–Crippen MR) is 110 cm³/mol. The van der Waals surface area contributed by atoms with E-state index in [2.05, 4.69) is 15.4 Å². The summed E-state index contributed by atoms with van der Waals surface area (Å²) in [6, 6.07) is 18.0. The lowest BCUT2D eigenvalue weighted by Crippen LogP contribution is -2.33. The summed E-state index contributed by atoms with van der Waals surface area (Å²) in [7, 11) is 0. The number of amides is 1. The minimum absolute atomic E-state index is 0.248. The first-order valence-corrected chi connectivity index (χ1v) is 9.69. The van der Waals surface area contributed by atoms with E-state index >= 15 is 0 Å². The molecule has 2 aromatic heterocycles. The Kier molecular flexibility index (Phi) is 4.68. The van der Waals surface area contributed by atoms with E-state index in [1.165, 1.54) is 9.85 Å². The van der Waals surface area contributed by atoms with Gasteiger partial charge in [-0.15, -0.1) is 5.10 Å². The van der Waals surface area contributed by atoms with Gasteiger partial charge in [-0.05, 0) is 47.2 Å². The first-order valence-electron chi connectivity index (χ1n) is 9.31. The molecule has 1 amide bonds. The maximum atomic E-state index is 13.0. The number of carbonyl (C=O) groups excluding carboxylic acids is 1. The summed E-state index contributed by atoms with van der Waals surface area (Å²) in [5.41, 5.74) is 3.03. The number of para-hydroxylation sites is 1. The second-order valence-corrected chi connectivity index (χ2v) is 7.19. The van der Waals surface area contributed by atoms with Gasteiger partial charge in [0.05, 0.1) is 12.0 Å². The van der Waals surface area contributed by atoms with E-state index in [0.29, 0.717) is 28.2 Å². The molecule has 0 fully saturated rings. The molecule has 0 spiro atoms. The third-order valence-electron chi connectivity index (χ3n) is 4.85. The standard InChI is InChI=1S/C21H16ClN5O3/c22-15-9-7-14(8-10-15)17-12-19(20-6-3-11-29-20)26(24-17)21(28)13-30-27-18-5-2-1-4-16(18)23-25-27/h1-11,19H,12-13H2/t19-/m1/s1. The zero-order valence-electron chi connectivity index (χ0n) is 15.7. The van der Waals surface area contributed by atoms with Crippen molar-refractivity contribution in [3.8, 4) is 0 Å². The van der Waals surface area contributed by atoms with Crippen LogP contribution in [0.4, 0.5) is 0 Å². The largest absolute Gasteiger partial charge is 0.467 e. The Hall–Kier alpha value is -3.65. The highest BCUT2D eigenvalue weighted by molar-refractivity contribution is 6.30. The van der Waals surface area contributed by atoms with Gasteiger partial charge in [-0.3, -0.25) is 4.79 Å². The summed E-state index contributed by atoms with van der Waals surface area (Å²) in [6.07, 6.45) is 2.10. The number of hydrazone groups is 1. The lowest BCUT2D eigenvalue weighted by molar-refractivity contribution is -0.139. The van der Waals surface area contributed by atoms with Gasteiger partial charge < -0.3 is 9.25 Å². The molecule has 30 heavy (non-hydrogen) atoms. The normalized spacial score (nSPS) is 16.1. The number of halogens is 1. The maximum absolute atomic E-state index is 13.0. The summed E-state index contributed by atoms with van der Waals surface area (Å²) in [6.45, 7) is -0.248. The van der Waals surface area contributed by atoms with Crippen LogP contribution in [0.15, 0.2) is 76.4 Å². The molecular formula is C21H16ClN5O3. The number of carbonyl (C=O) groups is 1. The fourth-order valence-corrected chi connectivity index (χ4v) is 3.51. The minimum Gasteiger partial charge on any atom is -0.467 e. The molecule has 150 valence electrons. The number of furan rings is 1. The van der Waals surface area contributed by atoms with Gasteiger partial charge in [0.15, 0.2) is 6.61 Å². The summed E-state index contributed by atoms with van der Waals surface area (Å²) < 4.78 is 5.55. The lowest BCUT2D eigenvalue weighted by Gasteiger charge is -2.19. The van der Waals surface area contributed by atoms with Crippen molar-refractivity contribution < 1.29 is 14.0 Å². The number of fused-ring (bicyclic) bond motifs is 1. The molecule has 5 rings (SSSR count). The van der Waals surface area contributed by atoms with Crippen LogP contribution in [0.5, 0.6) is 0 Å². The molecule has 0 N–H and O–H groups in total. The SMILES string of the molecule is O=C(COn1nnc2ccccc21)N1N=C(c2ccc(Cl)cc2)C[C@@H]1c1ccco1. The fourth-order valence-electron chi connectivity index (χ4n) is 3.38. The van der Waals surface area contributed by atoms with Gasteiger partial charge in [-0.25, -0.2) is 5.01 Å². The first-order chi connectivity index (χ1) is 14.7. The van der Waals surface area contributed by atoms with Crippen molar-refractivity contribution in [1.82, 2.24) is 20.2 Å². The van der Waals surface area contributed by atoms with Crippen molar-refractivity contribution in [1.29, 1.82) is 0 Å². The number of hydrogen-bond acceptors (Lipinski definition) is 6. The van der Waals surface area contributed by atoms with Crippen molar-refractivity contribution in [3.05, 3.63) is 83.3 Å². The van der Waals surface area contributed by atoms with Crippen molar-refractivity contribution in [2.24, 2.45) is 5.10 Å². The van der Waals surface area contributed by atoms with Crippen LogP contribution in [0.25, 0.3) is 11.0 Å². The second-order valence-electron chi connectivity index (χ2n) is 6.75. The van der Waals surface area contributed by atoms with Crippen LogP contribution in [-0.2, 0) is 4.79 Å². The molecule has 1 aliphatic rings. The van der Waals surface area contributed by atoms with Crippen molar-refractivity contribution in [2.75, 3.05) is 6.61 Å². The monoisotopic (exact) mass is 421 g/mol. The van der Waals surface area contributed by atoms with Crippen LogP contribution in [0.2, 0.25) is 5.02 Å². The summed E-state index contributed by atoms with van der Waals surface area (Å²) in [4.78, 5) is 19.8. The zero-order chi connectivity index (χ0) is 20.5. The highest BCUT2D eigenvalue weighted by atomic mass is 35.5. The van der Waals surface area contributed by atoms with E-state index in [0.717, 1.165) is 11.3 Å². The average Bonchev–Trinajstić information content (AvgIpc) is 3.51. The number of nitrogens with zero attached hydrogens (tertiary/aromatic N) is 5. The van der Waals surface area contributed by atoms with Gasteiger partial charge in [-0.2, -0.15) is 5.10 Å². The van der Waals surface area contributed by atoms with E-state index in [4.69, 9.17) is 20.9 Å². The molecule has 0 aliphatic carbocycles. The zero-order valence-corrected chi connectivity index (χ0v) is 16.4. The Morgan fingerprint density at radius 3 is 2.77 bits per heavy atom. The lowest BCUT2D eigenvalue weighted by atomic mass is 10.0. The molecule has 0 unspecified atom stereocenters. The molecular weight excluding hydrogens is 406 g/mol. The van der Waals surface area contributed by atoms with Crippen molar-refractivity contribution in [2.45, 2.75) is 12.5 Å². The van der Waals surface area contributed by atoms with Gasteiger partial charge in [0.1, 0.15) is 22.8 Å². The van der Waals surface area contributed by atoms with Crippen molar-refractivity contribution >= 4 is 34.3 Å². The molecule has 0 bridgehead atoms. The number of hydrogen-bond donors (Lipinski definition) is 0. The summed E-state index contributed by atoms with van der Waals surface area (Å²) in [5, 5.41) is 14.6. The maximum Gasteiger partial charge on any atom is 0.284 e. The third-order valence-corrected chi connectivity index (χ3v) is 5.10. The number of rotatable bonds is 5. The van der Waals surface area contributed by atoms with Crippen molar-refractivity contribution in [3.63, 3.8) is 0 Å². The molecule has 1 atom stereocenters. The Bertz CT molecular complexity index is 1220. The molecule has 0 radical (unpaired) electrons. The van der Waals surface area contributed by atoms with Gasteiger partial charge in [-0.1, -0.05) is 40.7 Å². The highest BCUT2D eigenvalue weighted by Gasteiger charge is 2.35. The highest BCUT2D eigenvalue weighted by Crippen LogP contribution is 2.33. The van der Waals surface area contributed by atoms with E-state index < -0.39 is 0 Å². The van der Waals surface area contributed by atoms with E-state index in [1.807, 2.05) is 42.5 Å². The quantitative estimate of drug-likeness (QED) is 0.492. The molecule has 2 aromatic carbocycles. The first kappa shape index (κ1) is 18.4. The number of aromatic nitrogens is 3. The van der Waals surface area contributed by atoms with Gasteiger partial charge >= 0.3 is 0 Å². The van der Waals surface area contributed by atoms with Gasteiger partial charge in [0.25, 0.3) is 5.91 Å². The van der Waals surface area contributed by atoms with Crippen LogP contribution in [0, 0.1) is 0 Å². The molecule has 4 aromatic rings. The second kappa shape index (κ2) is 7.64. The number of benzene rings is 2. The molecule has 9 heteroatoms. The minimum atomic E-state index is -0.353. The van der Waals surface area contributed by atoms with Crippen LogP contribution in [0.3, 0.4) is 0 Å². The third kappa shape index (κ3) is 3.42. The Balaban J connectivity index is 1.38.